The molecule has 0 atom stereocenters. The van der Waals surface area contributed by atoms with E-state index < -0.39 is 0 Å². The molecule has 1 aliphatic carbocycles. The van der Waals surface area contributed by atoms with E-state index >= 15 is 0 Å². The molecule has 2 aromatic rings. The van der Waals surface area contributed by atoms with Crippen molar-refractivity contribution >= 4 is 47.1 Å². The summed E-state index contributed by atoms with van der Waals surface area (Å²) >= 11 is 3.52. The van der Waals surface area contributed by atoms with Gasteiger partial charge in [0, 0.05) is 16.7 Å². The number of benzene rings is 2. The zero-order chi connectivity index (χ0) is 23.0. The minimum absolute atomic E-state index is 0.0391. The maximum absolute atomic E-state index is 13.3. The highest BCUT2D eigenvalue weighted by Gasteiger charge is 2.30. The number of carbonyl (C=O) groups excluding carboxylic acids is 2. The van der Waals surface area contributed by atoms with Crippen LogP contribution in [0.25, 0.3) is 6.08 Å². The summed E-state index contributed by atoms with van der Waals surface area (Å²) in [6, 6.07) is 15.9. The third kappa shape index (κ3) is 6.67. The highest BCUT2D eigenvalue weighted by Crippen LogP contribution is 2.41. The maximum atomic E-state index is 13.3. The molecule has 1 N–H and O–H groups in total. The summed E-state index contributed by atoms with van der Waals surface area (Å²) in [6.07, 6.45) is 9.65. The van der Waals surface area contributed by atoms with Gasteiger partial charge in [0.1, 0.15) is 6.54 Å². The van der Waals surface area contributed by atoms with Crippen LogP contribution < -0.4 is 10.2 Å². The van der Waals surface area contributed by atoms with Crippen molar-refractivity contribution in [2.75, 3.05) is 23.7 Å². The second-order valence-electron chi connectivity index (χ2n) is 8.71. The third-order valence-electron chi connectivity index (χ3n) is 6.06. The first kappa shape index (κ1) is 24.0. The van der Waals surface area contributed by atoms with E-state index in [1.165, 1.54) is 49.4 Å². The predicted octanol–water partition coefficient (Wildman–Crippen LogP) is 6.05. The average Bonchev–Trinajstić information content (AvgIpc) is 2.83. The normalized spacial score (nSPS) is 17.8. The highest BCUT2D eigenvalue weighted by molar-refractivity contribution is 8.04. The van der Waals surface area contributed by atoms with E-state index in [2.05, 4.69) is 17.1 Å². The van der Waals surface area contributed by atoms with Gasteiger partial charge in [0.2, 0.25) is 5.91 Å². The first-order valence-corrected chi connectivity index (χ1v) is 13.7. The van der Waals surface area contributed by atoms with Crippen LogP contribution in [0.4, 0.5) is 5.69 Å². The third-order valence-corrected chi connectivity index (χ3v) is 8.60. The van der Waals surface area contributed by atoms with Crippen molar-refractivity contribution in [3.05, 3.63) is 64.6 Å². The fraction of sp³-hybridized carbons (Fsp3) is 0.407. The number of amides is 2. The summed E-state index contributed by atoms with van der Waals surface area (Å²) in [4.78, 5) is 29.2. The molecule has 1 heterocycles. The molecule has 0 radical (unpaired) electrons. The summed E-state index contributed by atoms with van der Waals surface area (Å²) in [7, 11) is 0. The van der Waals surface area contributed by atoms with Gasteiger partial charge < -0.3 is 5.32 Å². The Labute approximate surface area is 205 Å². The van der Waals surface area contributed by atoms with Gasteiger partial charge in [-0.1, -0.05) is 73.0 Å². The van der Waals surface area contributed by atoms with Crippen LogP contribution in [-0.4, -0.2) is 35.9 Å². The molecule has 0 saturated heterocycles. The Hall–Kier alpha value is -2.18. The zero-order valence-corrected chi connectivity index (χ0v) is 20.9. The fourth-order valence-electron chi connectivity index (χ4n) is 4.21. The van der Waals surface area contributed by atoms with E-state index in [9.17, 15) is 9.59 Å². The van der Waals surface area contributed by atoms with Crippen molar-refractivity contribution in [1.29, 1.82) is 0 Å². The molecule has 2 aromatic carbocycles. The first-order valence-electron chi connectivity index (χ1n) is 11.9. The summed E-state index contributed by atoms with van der Waals surface area (Å²) < 4.78 is 0. The second-order valence-corrected chi connectivity index (χ2v) is 11.2. The number of hydrogen-bond donors (Lipinski definition) is 1. The highest BCUT2D eigenvalue weighted by atomic mass is 32.2. The number of carbonyl (C=O) groups is 2. The standard InChI is InChI=1S/C27H32N2O2S2/c1-20-12-14-21(15-13-20)18-25-27(31)29(23-10-5-6-11-24(23)33-25)19-26(30)28-16-7-17-32-22-8-3-2-4-9-22/h5-6,10-15,18,22H,2-4,7-9,16-17,19H2,1H3,(H,28,30)/b25-18-. The fourth-order valence-corrected chi connectivity index (χ4v) is 6.58. The van der Waals surface area contributed by atoms with Gasteiger partial charge in [-0.3, -0.25) is 14.5 Å². The summed E-state index contributed by atoms with van der Waals surface area (Å²) in [6.45, 7) is 2.74. The smallest absolute Gasteiger partial charge is 0.265 e. The number of thioether (sulfide) groups is 2. The van der Waals surface area contributed by atoms with Gasteiger partial charge in [0.05, 0.1) is 10.6 Å². The van der Waals surface area contributed by atoms with Crippen LogP contribution in [0.3, 0.4) is 0 Å². The lowest BCUT2D eigenvalue weighted by Crippen LogP contribution is -2.43. The quantitative estimate of drug-likeness (QED) is 0.369. The topological polar surface area (TPSA) is 49.4 Å². The number of rotatable bonds is 8. The Morgan fingerprint density at radius 1 is 1.12 bits per heavy atom. The van der Waals surface area contributed by atoms with Crippen LogP contribution in [0.5, 0.6) is 0 Å². The van der Waals surface area contributed by atoms with Gasteiger partial charge in [-0.05, 0) is 55.7 Å². The van der Waals surface area contributed by atoms with Crippen molar-refractivity contribution in [2.45, 2.75) is 55.6 Å². The minimum atomic E-state index is -0.123. The van der Waals surface area contributed by atoms with Crippen LogP contribution in [0, 0.1) is 6.92 Å². The molecule has 0 spiro atoms. The Bertz CT molecular complexity index is 997. The van der Waals surface area contributed by atoms with Crippen molar-refractivity contribution < 1.29 is 9.59 Å². The minimum Gasteiger partial charge on any atom is -0.355 e. The van der Waals surface area contributed by atoms with E-state index in [0.717, 1.165) is 33.6 Å². The van der Waals surface area contributed by atoms with Crippen molar-refractivity contribution in [1.82, 2.24) is 5.32 Å². The van der Waals surface area contributed by atoms with Crippen LogP contribution in [0.15, 0.2) is 58.3 Å². The van der Waals surface area contributed by atoms with Crippen LogP contribution in [0.1, 0.15) is 49.7 Å². The molecule has 33 heavy (non-hydrogen) atoms. The Morgan fingerprint density at radius 2 is 1.88 bits per heavy atom. The molecule has 4 nitrogen and oxygen atoms in total. The predicted molar refractivity (Wildman–Crippen MR) is 141 cm³/mol. The molecule has 6 heteroatoms. The lowest BCUT2D eigenvalue weighted by atomic mass is 10.0. The summed E-state index contributed by atoms with van der Waals surface area (Å²) in [5.41, 5.74) is 2.97. The van der Waals surface area contributed by atoms with E-state index in [0.29, 0.717) is 11.4 Å². The molecule has 174 valence electrons. The molecule has 0 bridgehead atoms. The number of nitrogens with one attached hydrogen (secondary N) is 1. The van der Waals surface area contributed by atoms with Gasteiger partial charge in [-0.2, -0.15) is 11.8 Å². The molecule has 1 saturated carbocycles. The molecule has 4 rings (SSSR count). The number of para-hydroxylation sites is 1. The van der Waals surface area contributed by atoms with Crippen LogP contribution >= 0.6 is 23.5 Å². The van der Waals surface area contributed by atoms with Crippen LogP contribution in [0.2, 0.25) is 0 Å². The summed E-state index contributed by atoms with van der Waals surface area (Å²) in [5.74, 6) is 0.848. The van der Waals surface area contributed by atoms with Gasteiger partial charge >= 0.3 is 0 Å². The van der Waals surface area contributed by atoms with E-state index in [-0.39, 0.29) is 18.4 Å². The molecule has 0 aromatic heterocycles. The number of nitrogens with zero attached hydrogens (tertiary/aromatic N) is 1. The van der Waals surface area contributed by atoms with Crippen molar-refractivity contribution in [2.24, 2.45) is 0 Å². The largest absolute Gasteiger partial charge is 0.355 e. The molecule has 1 aliphatic heterocycles. The molecule has 0 unspecified atom stereocenters. The van der Waals surface area contributed by atoms with Crippen molar-refractivity contribution in [3.8, 4) is 0 Å². The van der Waals surface area contributed by atoms with Gasteiger partial charge in [0.25, 0.3) is 5.91 Å². The van der Waals surface area contributed by atoms with E-state index in [1.54, 1.807) is 4.90 Å². The molecular formula is C27H32N2O2S2. The average molecular weight is 481 g/mol. The van der Waals surface area contributed by atoms with Gasteiger partial charge in [-0.15, -0.1) is 0 Å². The van der Waals surface area contributed by atoms with E-state index in [1.807, 2.05) is 61.5 Å². The lowest BCUT2D eigenvalue weighted by molar-refractivity contribution is -0.122. The molecule has 2 aliphatic rings. The number of aryl methyl sites for hydroxylation is 1. The maximum Gasteiger partial charge on any atom is 0.265 e. The summed E-state index contributed by atoms with van der Waals surface area (Å²) in [5, 5.41) is 3.82. The second kappa shape index (κ2) is 11.8. The SMILES string of the molecule is Cc1ccc(/C=C2\Sc3ccccc3N(CC(=O)NCCCSC3CCCCC3)C2=O)cc1. The van der Waals surface area contributed by atoms with Crippen LogP contribution in [-0.2, 0) is 9.59 Å². The zero-order valence-electron chi connectivity index (χ0n) is 19.2. The van der Waals surface area contributed by atoms with Gasteiger partial charge in [0.15, 0.2) is 0 Å². The Morgan fingerprint density at radius 3 is 2.67 bits per heavy atom. The first-order chi connectivity index (χ1) is 16.1. The number of fused-ring (bicyclic) bond motifs is 1. The Kier molecular flexibility index (Phi) is 8.57. The number of hydrogen-bond acceptors (Lipinski definition) is 4. The van der Waals surface area contributed by atoms with Gasteiger partial charge in [-0.25, -0.2) is 0 Å². The van der Waals surface area contributed by atoms with E-state index in [4.69, 9.17) is 0 Å². The lowest BCUT2D eigenvalue weighted by Gasteiger charge is -2.29. The van der Waals surface area contributed by atoms with Crippen molar-refractivity contribution in [3.63, 3.8) is 0 Å². The molecular weight excluding hydrogens is 448 g/mol. The molecule has 2 amide bonds. The number of anilines is 1. The molecule has 1 fully saturated rings. The monoisotopic (exact) mass is 480 g/mol. The Balaban J connectivity index is 1.35.